The van der Waals surface area contributed by atoms with Crippen molar-refractivity contribution in [3.05, 3.63) is 62.4 Å². The van der Waals surface area contributed by atoms with Crippen LogP contribution in [0.5, 0.6) is 0 Å². The Morgan fingerprint density at radius 2 is 1.94 bits per heavy atom. The molecule has 2 heterocycles. The van der Waals surface area contributed by atoms with Crippen molar-refractivity contribution in [1.29, 1.82) is 0 Å². The lowest BCUT2D eigenvalue weighted by atomic mass is 9.73. The molecule has 1 unspecified atom stereocenters. The Balaban J connectivity index is 1.52. The highest BCUT2D eigenvalue weighted by molar-refractivity contribution is 9.11. The first-order chi connectivity index (χ1) is 16.8. The number of nitrogens with zero attached hydrogens (tertiary/aromatic N) is 2. The molecule has 0 saturated carbocycles. The van der Waals surface area contributed by atoms with Crippen LogP contribution in [-0.2, 0) is 14.9 Å². The predicted molar refractivity (Wildman–Crippen MR) is 141 cm³/mol. The van der Waals surface area contributed by atoms with E-state index in [1.807, 2.05) is 31.2 Å². The fourth-order valence-corrected chi connectivity index (χ4v) is 5.46. The van der Waals surface area contributed by atoms with Gasteiger partial charge in [-0.1, -0.05) is 41.4 Å². The van der Waals surface area contributed by atoms with Crippen LogP contribution in [0.2, 0.25) is 0 Å². The Morgan fingerprint density at radius 1 is 1.23 bits per heavy atom. The number of hydrogen-bond acceptors (Lipinski definition) is 4. The minimum absolute atomic E-state index is 0.223. The van der Waals surface area contributed by atoms with Gasteiger partial charge < -0.3 is 14.4 Å². The zero-order chi connectivity index (χ0) is 25.0. The van der Waals surface area contributed by atoms with E-state index in [1.54, 1.807) is 4.90 Å². The van der Waals surface area contributed by atoms with E-state index in [0.717, 1.165) is 43.9 Å². The number of rotatable bonds is 8. The Morgan fingerprint density at radius 3 is 2.63 bits per heavy atom. The molecule has 4 rings (SSSR count). The lowest BCUT2D eigenvalue weighted by molar-refractivity contribution is 0.00301. The Kier molecular flexibility index (Phi) is 8.50. The summed E-state index contributed by atoms with van der Waals surface area (Å²) in [7, 11) is 0. The van der Waals surface area contributed by atoms with E-state index in [9.17, 15) is 9.18 Å². The van der Waals surface area contributed by atoms with E-state index in [4.69, 9.17) is 9.47 Å². The van der Waals surface area contributed by atoms with Crippen molar-refractivity contribution in [3.63, 3.8) is 0 Å². The second-order valence-corrected chi connectivity index (χ2v) is 10.8. The molecular formula is C26H30Br2FN3O3. The lowest BCUT2D eigenvalue weighted by Crippen LogP contribution is -2.47. The number of nitrogens with one attached hydrogen (secondary N) is 1. The zero-order valence-electron chi connectivity index (χ0n) is 20.0. The molecule has 188 valence electrons. The van der Waals surface area contributed by atoms with Gasteiger partial charge in [-0.3, -0.25) is 5.10 Å². The number of amides is 1. The van der Waals surface area contributed by atoms with Gasteiger partial charge >= 0.3 is 6.09 Å². The zero-order valence-corrected chi connectivity index (χ0v) is 23.1. The normalized spacial score (nSPS) is 16.4. The second-order valence-electron chi connectivity index (χ2n) is 9.12. The van der Waals surface area contributed by atoms with E-state index >= 15 is 0 Å². The van der Waals surface area contributed by atoms with Crippen molar-refractivity contribution in [1.82, 2.24) is 15.1 Å². The van der Waals surface area contributed by atoms with Crippen LogP contribution < -0.4 is 0 Å². The Labute approximate surface area is 221 Å². The molecule has 3 aromatic rings. The molecule has 0 radical (unpaired) electrons. The molecule has 0 bridgehead atoms. The summed E-state index contributed by atoms with van der Waals surface area (Å²) >= 11 is 7.11. The number of carbonyl (C=O) groups is 1. The molecule has 1 aliphatic rings. The number of H-pyrrole nitrogens is 1. The molecule has 35 heavy (non-hydrogen) atoms. The highest BCUT2D eigenvalue weighted by Gasteiger charge is 2.39. The van der Waals surface area contributed by atoms with Gasteiger partial charge in [-0.05, 0) is 71.9 Å². The van der Waals surface area contributed by atoms with Gasteiger partial charge in [-0.2, -0.15) is 5.10 Å². The van der Waals surface area contributed by atoms with Gasteiger partial charge in [0.25, 0.3) is 0 Å². The number of likely N-dealkylation sites (tertiary alicyclic amines) is 1. The Hall–Kier alpha value is -1.97. The van der Waals surface area contributed by atoms with Crippen molar-refractivity contribution < 1.29 is 18.7 Å². The molecule has 9 heteroatoms. The summed E-state index contributed by atoms with van der Waals surface area (Å²) < 4.78 is 27.4. The summed E-state index contributed by atoms with van der Waals surface area (Å²) in [6.45, 7) is 6.10. The van der Waals surface area contributed by atoms with Crippen LogP contribution in [0, 0.1) is 5.82 Å². The number of halogens is 3. The topological polar surface area (TPSA) is 67.4 Å². The average molecular weight is 611 g/mol. The highest BCUT2D eigenvalue weighted by Crippen LogP contribution is 2.39. The molecule has 1 atom stereocenters. The molecule has 6 nitrogen and oxygen atoms in total. The Bertz CT molecular complexity index is 1160. The summed E-state index contributed by atoms with van der Waals surface area (Å²) in [6.07, 6.45) is 2.77. The van der Waals surface area contributed by atoms with Crippen molar-refractivity contribution in [2.45, 2.75) is 51.0 Å². The van der Waals surface area contributed by atoms with Crippen LogP contribution in [-0.4, -0.2) is 47.5 Å². The van der Waals surface area contributed by atoms with Gasteiger partial charge in [0.05, 0.1) is 24.8 Å². The van der Waals surface area contributed by atoms with Gasteiger partial charge in [0.1, 0.15) is 10.4 Å². The van der Waals surface area contributed by atoms with Crippen LogP contribution in [0.1, 0.15) is 56.8 Å². The van der Waals surface area contributed by atoms with Crippen LogP contribution in [0.25, 0.3) is 10.9 Å². The van der Waals surface area contributed by atoms with Crippen LogP contribution in [0.3, 0.4) is 0 Å². The number of hydrogen-bond donors (Lipinski definition) is 1. The summed E-state index contributed by atoms with van der Waals surface area (Å²) in [5.74, 6) is -0.268. The number of ether oxygens (including phenoxy) is 2. The average Bonchev–Trinajstić information content (AvgIpc) is 3.23. The maximum absolute atomic E-state index is 13.7. The number of fused-ring (bicyclic) bond motifs is 1. The summed E-state index contributed by atoms with van der Waals surface area (Å²) in [6, 6.07) is 10.7. The first-order valence-electron chi connectivity index (χ1n) is 12.0. The minimum atomic E-state index is -0.334. The smallest absolute Gasteiger partial charge is 0.409 e. The quantitative estimate of drug-likeness (QED) is 0.272. The molecule has 2 aromatic carbocycles. The summed E-state index contributed by atoms with van der Waals surface area (Å²) in [5.41, 5.74) is 2.52. The predicted octanol–water partition coefficient (Wildman–Crippen LogP) is 7.28. The van der Waals surface area contributed by atoms with E-state index in [2.05, 4.69) is 49.0 Å². The van der Waals surface area contributed by atoms with Crippen molar-refractivity contribution >= 4 is 48.9 Å². The molecule has 1 amide bonds. The molecule has 1 aromatic heterocycles. The standard InChI is InChI=1S/C26H30Br2FN3O3/c1-3-4-13-34-25(33)32-11-9-26(10-12-32,18-5-7-20(29)8-6-18)16-35-17(2)21-14-19(27)15-22-23(21)30-31-24(22)28/h5-8,14-15,17H,3-4,9-13,16H2,1-2H3,(H,30,31). The number of benzene rings is 2. The number of aromatic amines is 1. The van der Waals surface area contributed by atoms with Crippen LogP contribution >= 0.6 is 31.9 Å². The van der Waals surface area contributed by atoms with E-state index in [0.29, 0.717) is 39.1 Å². The fourth-order valence-electron chi connectivity index (χ4n) is 4.59. The van der Waals surface area contributed by atoms with E-state index in [-0.39, 0.29) is 23.4 Å². The number of carbonyl (C=O) groups excluding carboxylic acids is 1. The van der Waals surface area contributed by atoms with Gasteiger partial charge in [-0.25, -0.2) is 9.18 Å². The van der Waals surface area contributed by atoms with Gasteiger partial charge in [-0.15, -0.1) is 0 Å². The first kappa shape index (κ1) is 26.1. The molecule has 1 N–H and O–H groups in total. The number of aromatic nitrogens is 2. The van der Waals surface area contributed by atoms with Crippen LogP contribution in [0.15, 0.2) is 45.5 Å². The second kappa shape index (κ2) is 11.4. The van der Waals surface area contributed by atoms with E-state index < -0.39 is 0 Å². The summed E-state index contributed by atoms with van der Waals surface area (Å²) in [4.78, 5) is 14.2. The molecule has 1 fully saturated rings. The molecule has 1 saturated heterocycles. The third kappa shape index (κ3) is 5.89. The highest BCUT2D eigenvalue weighted by atomic mass is 79.9. The van der Waals surface area contributed by atoms with Crippen molar-refractivity contribution in [3.8, 4) is 0 Å². The maximum Gasteiger partial charge on any atom is 0.409 e. The monoisotopic (exact) mass is 609 g/mol. The minimum Gasteiger partial charge on any atom is -0.449 e. The fraction of sp³-hybridized carbons (Fsp3) is 0.462. The number of piperidine rings is 1. The number of unbranched alkanes of at least 4 members (excludes halogenated alkanes) is 1. The maximum atomic E-state index is 13.7. The largest absolute Gasteiger partial charge is 0.449 e. The SMILES string of the molecule is CCCCOC(=O)N1CCC(COC(C)c2cc(Br)cc3c(Br)[nH]nc23)(c2ccc(F)cc2)CC1. The lowest BCUT2D eigenvalue weighted by Gasteiger charge is -2.42. The van der Waals surface area contributed by atoms with Gasteiger partial charge in [0, 0.05) is 33.9 Å². The summed E-state index contributed by atoms with van der Waals surface area (Å²) in [5, 5.41) is 8.41. The first-order valence-corrected chi connectivity index (χ1v) is 13.5. The molecular weight excluding hydrogens is 581 g/mol. The van der Waals surface area contributed by atoms with Crippen LogP contribution in [0.4, 0.5) is 9.18 Å². The van der Waals surface area contributed by atoms with E-state index in [1.165, 1.54) is 12.1 Å². The molecule has 0 aliphatic carbocycles. The third-order valence-electron chi connectivity index (χ3n) is 6.81. The van der Waals surface area contributed by atoms with Crippen molar-refractivity contribution in [2.75, 3.05) is 26.3 Å². The third-order valence-corrected chi connectivity index (χ3v) is 7.88. The van der Waals surface area contributed by atoms with Gasteiger partial charge in [0.2, 0.25) is 0 Å². The van der Waals surface area contributed by atoms with Gasteiger partial charge in [0.15, 0.2) is 0 Å². The van der Waals surface area contributed by atoms with Crippen molar-refractivity contribution in [2.24, 2.45) is 0 Å². The molecule has 0 spiro atoms. The molecule has 1 aliphatic heterocycles.